The van der Waals surface area contributed by atoms with Crippen molar-refractivity contribution in [2.24, 2.45) is 5.14 Å². The van der Waals surface area contributed by atoms with Crippen LogP contribution in [0.5, 0.6) is 0 Å². The Morgan fingerprint density at radius 1 is 0.788 bits per heavy atom. The average Bonchev–Trinajstić information content (AvgIpc) is 2.73. The Balaban J connectivity index is 1.80. The van der Waals surface area contributed by atoms with Gasteiger partial charge < -0.3 is 0 Å². The van der Waals surface area contributed by atoms with Crippen molar-refractivity contribution in [2.75, 3.05) is 6.54 Å². The quantitative estimate of drug-likeness (QED) is 0.443. The first kappa shape index (κ1) is 25.0. The fraction of sp³-hybridized carbons (Fsp3) is 0.143. The normalized spacial score (nSPS) is 12.6. The number of nitrogens with one attached hydrogen (secondary N) is 1. The smallest absolute Gasteiger partial charge is 0.225 e. The predicted octanol–water partition coefficient (Wildman–Crippen LogP) is 2.14. The summed E-state index contributed by atoms with van der Waals surface area (Å²) < 4.78 is 89.5. The topological polar surface area (TPSA) is 140 Å². The Kier molecular flexibility index (Phi) is 7.05. The van der Waals surface area contributed by atoms with Crippen molar-refractivity contribution in [1.82, 2.24) is 4.72 Å². The van der Waals surface area contributed by atoms with Gasteiger partial charge in [-0.2, -0.15) is 0 Å². The van der Waals surface area contributed by atoms with Crippen molar-refractivity contribution in [3.05, 3.63) is 83.7 Å². The number of hydrogen-bond donors (Lipinski definition) is 2. The molecule has 0 atom stereocenters. The molecule has 0 heterocycles. The van der Waals surface area contributed by atoms with E-state index >= 15 is 0 Å². The van der Waals surface area contributed by atoms with E-state index in [0.717, 1.165) is 30.3 Å². The van der Waals surface area contributed by atoms with Crippen LogP contribution in [0.1, 0.15) is 11.1 Å². The zero-order chi connectivity index (χ0) is 24.4. The van der Waals surface area contributed by atoms with Crippen molar-refractivity contribution < 1.29 is 29.6 Å². The standard InChI is InChI=1S/C21H21FN2O6S3/c1-15-2-7-20(31(25,26)18-10-5-17(22)6-11-18)14-21(15)33(29,30)24-13-12-16-3-8-19(9-4-16)32(23,27)28/h2-11,14,24H,12-13H2,1H3,(H2,23,27,28). The van der Waals surface area contributed by atoms with E-state index in [0.29, 0.717) is 11.1 Å². The molecule has 0 saturated heterocycles. The number of nitrogens with two attached hydrogens (primary N) is 1. The maximum atomic E-state index is 13.1. The van der Waals surface area contributed by atoms with Crippen LogP contribution >= 0.6 is 0 Å². The largest absolute Gasteiger partial charge is 0.240 e. The fourth-order valence-corrected chi connectivity index (χ4v) is 6.22. The fourth-order valence-electron chi connectivity index (χ4n) is 3.04. The second kappa shape index (κ2) is 9.31. The van der Waals surface area contributed by atoms with Gasteiger partial charge in [0.1, 0.15) is 5.82 Å². The number of rotatable bonds is 8. The first-order chi connectivity index (χ1) is 15.3. The molecule has 0 aliphatic rings. The maximum absolute atomic E-state index is 13.1. The molecule has 0 radical (unpaired) electrons. The number of aryl methyl sites for hydroxylation is 1. The molecule has 0 aliphatic heterocycles. The van der Waals surface area contributed by atoms with E-state index in [2.05, 4.69) is 4.72 Å². The highest BCUT2D eigenvalue weighted by molar-refractivity contribution is 7.91. The second-order valence-electron chi connectivity index (χ2n) is 7.22. The minimum absolute atomic E-state index is 0.00850. The molecule has 3 aromatic rings. The Morgan fingerprint density at radius 3 is 1.91 bits per heavy atom. The lowest BCUT2D eigenvalue weighted by atomic mass is 10.2. The zero-order valence-corrected chi connectivity index (χ0v) is 19.8. The van der Waals surface area contributed by atoms with Gasteiger partial charge in [0.15, 0.2) is 0 Å². The van der Waals surface area contributed by atoms with Crippen LogP contribution < -0.4 is 9.86 Å². The summed E-state index contributed by atoms with van der Waals surface area (Å²) >= 11 is 0. The molecule has 0 saturated carbocycles. The van der Waals surface area contributed by atoms with Crippen LogP contribution in [-0.4, -0.2) is 31.8 Å². The molecule has 12 heteroatoms. The molecule has 0 aromatic heterocycles. The van der Waals surface area contributed by atoms with E-state index in [1.54, 1.807) is 0 Å². The van der Waals surface area contributed by atoms with Gasteiger partial charge in [-0.3, -0.25) is 0 Å². The van der Waals surface area contributed by atoms with Gasteiger partial charge in [0.05, 0.1) is 19.6 Å². The van der Waals surface area contributed by atoms with Gasteiger partial charge in [0, 0.05) is 6.54 Å². The first-order valence-electron chi connectivity index (χ1n) is 9.53. The lowest BCUT2D eigenvalue weighted by Gasteiger charge is -2.12. The van der Waals surface area contributed by atoms with Crippen LogP contribution in [0.25, 0.3) is 0 Å². The van der Waals surface area contributed by atoms with Crippen LogP contribution in [-0.2, 0) is 36.3 Å². The minimum atomic E-state index is -4.05. The molecule has 8 nitrogen and oxygen atoms in total. The van der Waals surface area contributed by atoms with E-state index in [1.807, 2.05) is 0 Å². The number of sulfone groups is 1. The molecule has 0 spiro atoms. The third kappa shape index (κ3) is 5.84. The van der Waals surface area contributed by atoms with Gasteiger partial charge in [-0.25, -0.2) is 39.5 Å². The number of halogens is 1. The number of sulfonamides is 2. The molecule has 3 N–H and O–H groups in total. The third-order valence-electron chi connectivity index (χ3n) is 4.84. The average molecular weight is 513 g/mol. The van der Waals surface area contributed by atoms with Crippen molar-refractivity contribution in [3.8, 4) is 0 Å². The Bertz CT molecular complexity index is 1480. The van der Waals surface area contributed by atoms with Gasteiger partial charge >= 0.3 is 0 Å². The van der Waals surface area contributed by atoms with Crippen molar-refractivity contribution in [3.63, 3.8) is 0 Å². The third-order valence-corrected chi connectivity index (χ3v) is 9.14. The van der Waals surface area contributed by atoms with Crippen LogP contribution in [0.4, 0.5) is 4.39 Å². The summed E-state index contributed by atoms with van der Waals surface area (Å²) in [4.78, 5) is -0.650. The molecule has 0 fully saturated rings. The summed E-state index contributed by atoms with van der Waals surface area (Å²) in [5.74, 6) is -0.593. The minimum Gasteiger partial charge on any atom is -0.225 e. The van der Waals surface area contributed by atoms with Crippen LogP contribution in [0.2, 0.25) is 0 Å². The highest BCUT2D eigenvalue weighted by Gasteiger charge is 2.23. The molecule has 0 aliphatic carbocycles. The highest BCUT2D eigenvalue weighted by Crippen LogP contribution is 2.25. The summed E-state index contributed by atoms with van der Waals surface area (Å²) in [5, 5.41) is 5.05. The molecular formula is C21H21FN2O6S3. The van der Waals surface area contributed by atoms with Crippen LogP contribution in [0.15, 0.2) is 86.3 Å². The van der Waals surface area contributed by atoms with E-state index in [1.165, 1.54) is 43.3 Å². The summed E-state index contributed by atoms with van der Waals surface area (Å²) in [5.41, 5.74) is 1.02. The molecule has 33 heavy (non-hydrogen) atoms. The summed E-state index contributed by atoms with van der Waals surface area (Å²) in [6, 6.07) is 13.7. The van der Waals surface area contributed by atoms with Crippen molar-refractivity contribution in [1.29, 1.82) is 0 Å². The molecular weight excluding hydrogens is 491 g/mol. The molecule has 0 unspecified atom stereocenters. The maximum Gasteiger partial charge on any atom is 0.240 e. The van der Waals surface area contributed by atoms with Gasteiger partial charge in [0.2, 0.25) is 29.9 Å². The Labute approximate surface area is 192 Å². The highest BCUT2D eigenvalue weighted by atomic mass is 32.2. The van der Waals surface area contributed by atoms with E-state index < -0.39 is 35.7 Å². The molecule has 0 bridgehead atoms. The van der Waals surface area contributed by atoms with Crippen molar-refractivity contribution in [2.45, 2.75) is 32.9 Å². The van der Waals surface area contributed by atoms with E-state index in [9.17, 15) is 29.6 Å². The zero-order valence-electron chi connectivity index (χ0n) is 17.4. The lowest BCUT2D eigenvalue weighted by molar-refractivity contribution is 0.580. The molecule has 3 rings (SSSR count). The lowest BCUT2D eigenvalue weighted by Crippen LogP contribution is -2.27. The van der Waals surface area contributed by atoms with Gasteiger partial charge in [-0.1, -0.05) is 18.2 Å². The van der Waals surface area contributed by atoms with E-state index in [-0.39, 0.29) is 32.5 Å². The van der Waals surface area contributed by atoms with Crippen LogP contribution in [0.3, 0.4) is 0 Å². The summed E-state index contributed by atoms with van der Waals surface area (Å²) in [6.07, 6.45) is 0.261. The second-order valence-corrected chi connectivity index (χ2v) is 12.5. The summed E-state index contributed by atoms with van der Waals surface area (Å²) in [6.45, 7) is 1.53. The van der Waals surface area contributed by atoms with Gasteiger partial charge in [-0.05, 0) is 73.0 Å². The van der Waals surface area contributed by atoms with Crippen LogP contribution in [0, 0.1) is 12.7 Å². The van der Waals surface area contributed by atoms with E-state index in [4.69, 9.17) is 5.14 Å². The molecule has 176 valence electrons. The SMILES string of the molecule is Cc1ccc(S(=O)(=O)c2ccc(F)cc2)cc1S(=O)(=O)NCCc1ccc(S(N)(=O)=O)cc1. The Morgan fingerprint density at radius 2 is 1.33 bits per heavy atom. The number of benzene rings is 3. The molecule has 0 amide bonds. The van der Waals surface area contributed by atoms with Gasteiger partial charge in [-0.15, -0.1) is 0 Å². The number of primary sulfonamides is 1. The van der Waals surface area contributed by atoms with Crippen molar-refractivity contribution >= 4 is 29.9 Å². The molecule has 3 aromatic carbocycles. The van der Waals surface area contributed by atoms with Gasteiger partial charge in [0.25, 0.3) is 0 Å². The Hall–Kier alpha value is -2.64. The number of hydrogen-bond acceptors (Lipinski definition) is 6. The summed E-state index contributed by atoms with van der Waals surface area (Å²) in [7, 11) is -11.9. The first-order valence-corrected chi connectivity index (χ1v) is 14.0. The predicted molar refractivity (Wildman–Crippen MR) is 120 cm³/mol. The monoisotopic (exact) mass is 512 g/mol.